The van der Waals surface area contributed by atoms with E-state index in [4.69, 9.17) is 5.26 Å². The van der Waals surface area contributed by atoms with Gasteiger partial charge in [-0.05, 0) is 0 Å². The molecule has 0 spiro atoms. The summed E-state index contributed by atoms with van der Waals surface area (Å²) in [6.07, 6.45) is 0.515. The Bertz CT molecular complexity index is 794. The lowest BCUT2D eigenvalue weighted by Gasteiger charge is -2.08. The van der Waals surface area contributed by atoms with Gasteiger partial charge in [0.15, 0.2) is 0 Å². The van der Waals surface area contributed by atoms with Gasteiger partial charge in [-0.2, -0.15) is 5.26 Å². The smallest absolute Gasteiger partial charge is 0.127 e. The van der Waals surface area contributed by atoms with Crippen LogP contribution in [0, 0.1) is 11.3 Å². The molecule has 0 saturated heterocycles. The van der Waals surface area contributed by atoms with Gasteiger partial charge < -0.3 is 0 Å². The van der Waals surface area contributed by atoms with Gasteiger partial charge in [0.25, 0.3) is 0 Å². The van der Waals surface area contributed by atoms with E-state index in [1.54, 1.807) is 11.8 Å². The van der Waals surface area contributed by atoms with E-state index in [9.17, 15) is 0 Å². The van der Waals surface area contributed by atoms with Crippen LogP contribution in [0.3, 0.4) is 0 Å². The van der Waals surface area contributed by atoms with Crippen molar-refractivity contribution >= 4 is 22.5 Å². The van der Waals surface area contributed by atoms with Crippen LogP contribution in [0.5, 0.6) is 0 Å². The lowest BCUT2D eigenvalue weighted by Crippen LogP contribution is -1.94. The maximum absolute atomic E-state index is 8.65. The van der Waals surface area contributed by atoms with Gasteiger partial charge in [-0.25, -0.2) is 0 Å². The molecule has 4 heteroatoms. The summed E-state index contributed by atoms with van der Waals surface area (Å²) >= 11 is 1.58. The van der Waals surface area contributed by atoms with Crippen LogP contribution in [0.15, 0.2) is 59.6 Å². The number of fused-ring (bicyclic) bond motifs is 1. The van der Waals surface area contributed by atoms with Crippen LogP contribution in [0.25, 0.3) is 22.0 Å². The Morgan fingerprint density at radius 2 is 1.62 bits per heavy atom. The summed E-state index contributed by atoms with van der Waals surface area (Å²) in [5, 5.41) is 20.5. The average molecular weight is 291 g/mol. The normalized spacial score (nSPS) is 10.4. The fraction of sp³-hybridized carbons (Fsp3) is 0.118. The molecule has 2 aromatic carbocycles. The topological polar surface area (TPSA) is 49.6 Å². The highest BCUT2D eigenvalue weighted by Crippen LogP contribution is 2.31. The van der Waals surface area contributed by atoms with Gasteiger partial charge in [0.1, 0.15) is 10.7 Å². The average Bonchev–Trinajstić information content (AvgIpc) is 2.56. The molecule has 0 bridgehead atoms. The molecule has 0 N–H and O–H groups in total. The number of hydrogen-bond acceptors (Lipinski definition) is 4. The summed E-state index contributed by atoms with van der Waals surface area (Å²) < 4.78 is 0. The van der Waals surface area contributed by atoms with Crippen molar-refractivity contribution in [2.45, 2.75) is 11.4 Å². The second kappa shape index (κ2) is 6.38. The number of benzene rings is 2. The van der Waals surface area contributed by atoms with Gasteiger partial charge >= 0.3 is 0 Å². The van der Waals surface area contributed by atoms with Crippen molar-refractivity contribution in [1.82, 2.24) is 10.2 Å². The molecular formula is C17H13N3S. The SMILES string of the molecule is N#CCCSc1nnc(-c2ccccc2)c2ccccc12. The third-order valence-electron chi connectivity index (χ3n) is 3.15. The van der Waals surface area contributed by atoms with Crippen LogP contribution in [0.2, 0.25) is 0 Å². The molecule has 3 rings (SSSR count). The van der Waals surface area contributed by atoms with E-state index in [2.05, 4.69) is 28.4 Å². The van der Waals surface area contributed by atoms with E-state index in [-0.39, 0.29) is 0 Å². The number of nitriles is 1. The van der Waals surface area contributed by atoms with Crippen LogP contribution in [-0.2, 0) is 0 Å². The van der Waals surface area contributed by atoms with Crippen LogP contribution in [0.4, 0.5) is 0 Å². The van der Waals surface area contributed by atoms with Crippen molar-refractivity contribution in [2.75, 3.05) is 5.75 Å². The Morgan fingerprint density at radius 3 is 2.38 bits per heavy atom. The highest BCUT2D eigenvalue weighted by Gasteiger charge is 2.10. The summed E-state index contributed by atoms with van der Waals surface area (Å²) in [6.45, 7) is 0. The van der Waals surface area contributed by atoms with Crippen molar-refractivity contribution in [3.63, 3.8) is 0 Å². The van der Waals surface area contributed by atoms with Gasteiger partial charge in [0.2, 0.25) is 0 Å². The molecule has 0 unspecified atom stereocenters. The van der Waals surface area contributed by atoms with Crippen LogP contribution in [-0.4, -0.2) is 16.0 Å². The zero-order valence-electron chi connectivity index (χ0n) is 11.4. The number of rotatable bonds is 4. The first-order valence-corrected chi connectivity index (χ1v) is 7.69. The van der Waals surface area contributed by atoms with Gasteiger partial charge in [0, 0.05) is 28.5 Å². The molecule has 1 heterocycles. The first-order chi connectivity index (χ1) is 10.4. The number of aromatic nitrogens is 2. The Labute approximate surface area is 127 Å². The molecule has 0 aliphatic rings. The van der Waals surface area contributed by atoms with Crippen molar-refractivity contribution in [3.8, 4) is 17.3 Å². The Kier molecular flexibility index (Phi) is 4.13. The monoisotopic (exact) mass is 291 g/mol. The van der Waals surface area contributed by atoms with Crippen LogP contribution >= 0.6 is 11.8 Å². The molecule has 0 aliphatic heterocycles. The van der Waals surface area contributed by atoms with Crippen molar-refractivity contribution in [1.29, 1.82) is 5.26 Å². The van der Waals surface area contributed by atoms with Crippen LogP contribution < -0.4 is 0 Å². The second-order valence-electron chi connectivity index (χ2n) is 4.52. The second-order valence-corrected chi connectivity index (χ2v) is 5.61. The number of thioether (sulfide) groups is 1. The predicted molar refractivity (Wildman–Crippen MR) is 85.9 cm³/mol. The molecule has 0 radical (unpaired) electrons. The third-order valence-corrected chi connectivity index (χ3v) is 4.14. The lowest BCUT2D eigenvalue weighted by molar-refractivity contribution is 0.961. The van der Waals surface area contributed by atoms with Gasteiger partial charge in [-0.1, -0.05) is 54.6 Å². The minimum absolute atomic E-state index is 0.515. The third kappa shape index (κ3) is 2.88. The van der Waals surface area contributed by atoms with Gasteiger partial charge in [-0.15, -0.1) is 22.0 Å². The minimum Gasteiger partial charge on any atom is -0.198 e. The van der Waals surface area contributed by atoms with E-state index in [0.29, 0.717) is 6.42 Å². The van der Waals surface area contributed by atoms with Crippen LogP contribution in [0.1, 0.15) is 6.42 Å². The summed E-state index contributed by atoms with van der Waals surface area (Å²) in [4.78, 5) is 0. The summed E-state index contributed by atoms with van der Waals surface area (Å²) in [6, 6.07) is 20.4. The predicted octanol–water partition coefficient (Wildman–Crippen LogP) is 4.30. The molecule has 0 atom stereocenters. The van der Waals surface area contributed by atoms with Gasteiger partial charge in [-0.3, -0.25) is 0 Å². The first kappa shape index (κ1) is 13.6. The highest BCUT2D eigenvalue weighted by atomic mass is 32.2. The lowest BCUT2D eigenvalue weighted by atomic mass is 10.1. The molecule has 0 amide bonds. The van der Waals surface area contributed by atoms with E-state index < -0.39 is 0 Å². The quantitative estimate of drug-likeness (QED) is 0.531. The van der Waals surface area contributed by atoms with E-state index in [1.165, 1.54) is 0 Å². The molecule has 3 aromatic rings. The molecule has 3 nitrogen and oxygen atoms in total. The Morgan fingerprint density at radius 1 is 0.905 bits per heavy atom. The van der Waals surface area contributed by atoms with E-state index in [1.807, 2.05) is 42.5 Å². The van der Waals surface area contributed by atoms with Crippen molar-refractivity contribution < 1.29 is 0 Å². The standard InChI is InChI=1S/C17H13N3S/c18-11-6-12-21-17-15-10-5-4-9-14(15)16(19-20-17)13-7-2-1-3-8-13/h1-5,7-10H,6,12H2. The van der Waals surface area contributed by atoms with Crippen molar-refractivity contribution in [2.24, 2.45) is 0 Å². The highest BCUT2D eigenvalue weighted by molar-refractivity contribution is 7.99. The Hall–Kier alpha value is -2.38. The maximum atomic E-state index is 8.65. The summed E-state index contributed by atoms with van der Waals surface area (Å²) in [5.41, 5.74) is 1.96. The molecule has 102 valence electrons. The molecule has 0 aliphatic carbocycles. The first-order valence-electron chi connectivity index (χ1n) is 6.71. The van der Waals surface area contributed by atoms with E-state index >= 15 is 0 Å². The number of hydrogen-bond donors (Lipinski definition) is 0. The summed E-state index contributed by atoms with van der Waals surface area (Å²) in [7, 11) is 0. The molecule has 0 saturated carbocycles. The minimum atomic E-state index is 0.515. The fourth-order valence-electron chi connectivity index (χ4n) is 2.19. The van der Waals surface area contributed by atoms with E-state index in [0.717, 1.165) is 32.8 Å². The summed E-state index contributed by atoms with van der Waals surface area (Å²) in [5.74, 6) is 0.736. The fourth-order valence-corrected chi connectivity index (χ4v) is 3.01. The molecule has 1 aromatic heterocycles. The zero-order valence-corrected chi connectivity index (χ0v) is 12.2. The molecule has 21 heavy (non-hydrogen) atoms. The zero-order chi connectivity index (χ0) is 14.5. The maximum Gasteiger partial charge on any atom is 0.127 e. The van der Waals surface area contributed by atoms with Gasteiger partial charge in [0.05, 0.1) is 6.07 Å². The number of nitrogens with zero attached hydrogens (tertiary/aromatic N) is 3. The largest absolute Gasteiger partial charge is 0.198 e. The molecular weight excluding hydrogens is 278 g/mol. The molecule has 0 fully saturated rings. The Balaban J connectivity index is 2.09. The van der Waals surface area contributed by atoms with Crippen molar-refractivity contribution in [3.05, 3.63) is 54.6 Å².